The van der Waals surface area contributed by atoms with Crippen molar-refractivity contribution in [1.29, 1.82) is 0 Å². The number of hydrogen-bond acceptors (Lipinski definition) is 2. The Labute approximate surface area is 110 Å². The lowest BCUT2D eigenvalue weighted by Crippen LogP contribution is -2.04. The molecule has 18 heavy (non-hydrogen) atoms. The number of aryl methyl sites for hydroxylation is 1. The quantitative estimate of drug-likeness (QED) is 0.830. The summed E-state index contributed by atoms with van der Waals surface area (Å²) < 4.78 is 24.2. The number of allylic oxidation sites excluding steroid dienone is 1. The van der Waals surface area contributed by atoms with Crippen molar-refractivity contribution in [2.75, 3.05) is 0 Å². The monoisotopic (exact) mass is 264 g/mol. The van der Waals surface area contributed by atoms with Gasteiger partial charge in [-0.3, -0.25) is 0 Å². The highest BCUT2D eigenvalue weighted by Crippen LogP contribution is 2.25. The van der Waals surface area contributed by atoms with Gasteiger partial charge in [-0.15, -0.1) is 0 Å². The zero-order chi connectivity index (χ0) is 13.0. The summed E-state index contributed by atoms with van der Waals surface area (Å²) in [6.45, 7) is 1.95. The molecule has 1 aliphatic carbocycles. The van der Waals surface area contributed by atoms with Gasteiger partial charge < -0.3 is 0 Å². The first kappa shape index (κ1) is 13.3. The van der Waals surface area contributed by atoms with Crippen molar-refractivity contribution in [2.45, 2.75) is 43.9 Å². The van der Waals surface area contributed by atoms with Crippen molar-refractivity contribution in [3.63, 3.8) is 0 Å². The van der Waals surface area contributed by atoms with E-state index in [-0.39, 0.29) is 0 Å². The second-order valence-corrected chi connectivity index (χ2v) is 6.92. The molecule has 0 spiro atoms. The van der Waals surface area contributed by atoms with Gasteiger partial charge in [-0.25, -0.2) is 8.42 Å². The Hall–Kier alpha value is -1.09. The maximum absolute atomic E-state index is 12.1. The summed E-state index contributed by atoms with van der Waals surface area (Å²) in [6.07, 6.45) is 7.86. The van der Waals surface area contributed by atoms with Crippen LogP contribution >= 0.6 is 0 Å². The van der Waals surface area contributed by atoms with E-state index in [1.165, 1.54) is 24.7 Å². The summed E-state index contributed by atoms with van der Waals surface area (Å²) in [5.41, 5.74) is 1.07. The lowest BCUT2D eigenvalue weighted by atomic mass is 9.90. The van der Waals surface area contributed by atoms with E-state index >= 15 is 0 Å². The Balaban J connectivity index is 2.11. The molecule has 2 nitrogen and oxygen atoms in total. The fourth-order valence-corrected chi connectivity index (χ4v) is 3.45. The van der Waals surface area contributed by atoms with Crippen molar-refractivity contribution in [1.82, 2.24) is 0 Å². The molecule has 0 unspecified atom stereocenters. The third kappa shape index (κ3) is 3.45. The van der Waals surface area contributed by atoms with Crippen molar-refractivity contribution in [2.24, 2.45) is 5.92 Å². The summed E-state index contributed by atoms with van der Waals surface area (Å²) >= 11 is 0. The molecule has 0 N–H and O–H groups in total. The van der Waals surface area contributed by atoms with Crippen LogP contribution in [0.5, 0.6) is 0 Å². The van der Waals surface area contributed by atoms with Crippen LogP contribution in [0, 0.1) is 12.8 Å². The molecular formula is C15H20O2S. The Morgan fingerprint density at radius 3 is 2.28 bits per heavy atom. The normalized spacial score (nSPS) is 18.3. The van der Waals surface area contributed by atoms with Gasteiger partial charge in [0, 0.05) is 5.41 Å². The summed E-state index contributed by atoms with van der Waals surface area (Å²) in [5.74, 6) is 0.443. The summed E-state index contributed by atoms with van der Waals surface area (Å²) in [6, 6.07) is 7.02. The fraction of sp³-hybridized carbons (Fsp3) is 0.467. The van der Waals surface area contributed by atoms with Crippen LogP contribution in [0.15, 0.2) is 40.6 Å². The number of rotatable bonds is 3. The smallest absolute Gasteiger partial charge is 0.199 e. The van der Waals surface area contributed by atoms with Crippen molar-refractivity contribution >= 4 is 9.84 Å². The molecule has 1 aromatic rings. The number of benzene rings is 1. The van der Waals surface area contributed by atoms with Crippen LogP contribution in [-0.2, 0) is 9.84 Å². The largest absolute Gasteiger partial charge is 0.219 e. The maximum atomic E-state index is 12.1. The van der Waals surface area contributed by atoms with Gasteiger partial charge >= 0.3 is 0 Å². The van der Waals surface area contributed by atoms with Crippen LogP contribution in [0.4, 0.5) is 0 Å². The Morgan fingerprint density at radius 1 is 1.06 bits per heavy atom. The zero-order valence-electron chi connectivity index (χ0n) is 10.8. The van der Waals surface area contributed by atoms with Crippen molar-refractivity contribution in [3.05, 3.63) is 41.3 Å². The molecule has 0 aliphatic heterocycles. The Kier molecular flexibility index (Phi) is 4.23. The van der Waals surface area contributed by atoms with Crippen LogP contribution < -0.4 is 0 Å². The van der Waals surface area contributed by atoms with Crippen LogP contribution in [0.1, 0.15) is 37.7 Å². The first-order chi connectivity index (χ1) is 8.58. The SMILES string of the molecule is Cc1ccc(S(=O)(=O)/C=C\C2CCCCC2)cc1. The molecule has 0 radical (unpaired) electrons. The molecule has 0 amide bonds. The predicted octanol–water partition coefficient (Wildman–Crippen LogP) is 3.86. The van der Waals surface area contributed by atoms with Crippen LogP contribution in [0.25, 0.3) is 0 Å². The molecule has 1 aliphatic rings. The molecular weight excluding hydrogens is 244 g/mol. The van der Waals surface area contributed by atoms with Crippen LogP contribution in [0.2, 0.25) is 0 Å². The fourth-order valence-electron chi connectivity index (χ4n) is 2.35. The maximum Gasteiger partial charge on any atom is 0.199 e. The van der Waals surface area contributed by atoms with Gasteiger partial charge in [-0.1, -0.05) is 43.0 Å². The number of hydrogen-bond donors (Lipinski definition) is 0. The van der Waals surface area contributed by atoms with E-state index in [1.807, 2.05) is 25.1 Å². The standard InChI is InChI=1S/C15H20O2S/c1-13-7-9-15(10-8-13)18(16,17)12-11-14-5-3-2-4-6-14/h7-12,14H,2-6H2,1H3/b12-11-. The molecule has 0 atom stereocenters. The summed E-state index contributed by atoms with van der Waals surface area (Å²) in [7, 11) is -3.26. The van der Waals surface area contributed by atoms with E-state index in [9.17, 15) is 8.42 Å². The second-order valence-electron chi connectivity index (χ2n) is 5.08. The average molecular weight is 264 g/mol. The van der Waals surface area contributed by atoms with Crippen LogP contribution in [-0.4, -0.2) is 8.42 Å². The van der Waals surface area contributed by atoms with E-state index in [0.29, 0.717) is 10.8 Å². The molecule has 0 bridgehead atoms. The summed E-state index contributed by atoms with van der Waals surface area (Å²) in [4.78, 5) is 0.389. The highest BCUT2D eigenvalue weighted by molar-refractivity contribution is 7.94. The van der Waals surface area contributed by atoms with Gasteiger partial charge in [-0.05, 0) is 37.8 Å². The zero-order valence-corrected chi connectivity index (χ0v) is 11.6. The van der Waals surface area contributed by atoms with Crippen molar-refractivity contribution < 1.29 is 8.42 Å². The molecule has 3 heteroatoms. The highest BCUT2D eigenvalue weighted by Gasteiger charge is 2.13. The minimum absolute atomic E-state index is 0.389. The molecule has 0 saturated heterocycles. The van der Waals surface area contributed by atoms with Gasteiger partial charge in [0.05, 0.1) is 4.90 Å². The van der Waals surface area contributed by atoms with Gasteiger partial charge in [0.25, 0.3) is 0 Å². The van der Waals surface area contributed by atoms with Gasteiger partial charge in [-0.2, -0.15) is 0 Å². The van der Waals surface area contributed by atoms with Gasteiger partial charge in [0.15, 0.2) is 9.84 Å². The minimum Gasteiger partial charge on any atom is -0.219 e. The molecule has 1 aromatic carbocycles. The lowest BCUT2D eigenvalue weighted by Gasteiger charge is -2.17. The van der Waals surface area contributed by atoms with E-state index in [2.05, 4.69) is 0 Å². The number of sulfone groups is 1. The molecule has 0 heterocycles. The van der Waals surface area contributed by atoms with E-state index in [4.69, 9.17) is 0 Å². The van der Waals surface area contributed by atoms with E-state index < -0.39 is 9.84 Å². The van der Waals surface area contributed by atoms with Gasteiger partial charge in [0.2, 0.25) is 0 Å². The average Bonchev–Trinajstić information content (AvgIpc) is 2.38. The van der Waals surface area contributed by atoms with E-state index in [1.54, 1.807) is 12.1 Å². The molecule has 1 fully saturated rings. The highest BCUT2D eigenvalue weighted by atomic mass is 32.2. The summed E-state index contributed by atoms with van der Waals surface area (Å²) in [5, 5.41) is 1.40. The Bertz CT molecular complexity index is 506. The third-order valence-corrected chi connectivity index (χ3v) is 4.97. The topological polar surface area (TPSA) is 34.1 Å². The third-order valence-electron chi connectivity index (χ3n) is 3.53. The second kappa shape index (κ2) is 5.70. The Morgan fingerprint density at radius 2 is 1.67 bits per heavy atom. The first-order valence-corrected chi connectivity index (χ1v) is 8.12. The molecule has 2 rings (SSSR count). The van der Waals surface area contributed by atoms with Gasteiger partial charge in [0.1, 0.15) is 0 Å². The molecule has 0 aromatic heterocycles. The lowest BCUT2D eigenvalue weighted by molar-refractivity contribution is 0.419. The minimum atomic E-state index is -3.26. The van der Waals surface area contributed by atoms with E-state index in [0.717, 1.165) is 18.4 Å². The molecule has 1 saturated carbocycles. The van der Waals surface area contributed by atoms with Crippen LogP contribution in [0.3, 0.4) is 0 Å². The van der Waals surface area contributed by atoms with Crippen molar-refractivity contribution in [3.8, 4) is 0 Å². The first-order valence-electron chi connectivity index (χ1n) is 6.58. The predicted molar refractivity (Wildman–Crippen MR) is 74.1 cm³/mol. The molecule has 98 valence electrons.